The summed E-state index contributed by atoms with van der Waals surface area (Å²) < 4.78 is 34.7. The third-order valence-corrected chi connectivity index (χ3v) is 7.43. The van der Waals surface area contributed by atoms with Crippen molar-refractivity contribution in [1.29, 1.82) is 0 Å². The van der Waals surface area contributed by atoms with Crippen LogP contribution in [0.1, 0.15) is 22.5 Å². The number of aromatic nitrogens is 1. The normalized spacial score (nSPS) is 17.4. The van der Waals surface area contributed by atoms with Crippen LogP contribution in [0.2, 0.25) is 5.02 Å². The molecule has 1 atom stereocenters. The van der Waals surface area contributed by atoms with E-state index in [2.05, 4.69) is 5.16 Å². The second-order valence-corrected chi connectivity index (χ2v) is 10.0. The van der Waals surface area contributed by atoms with E-state index in [0.29, 0.717) is 23.0 Å². The number of rotatable bonds is 6. The Morgan fingerprint density at radius 3 is 2.61 bits per heavy atom. The van der Waals surface area contributed by atoms with Gasteiger partial charge in [0.25, 0.3) is 5.91 Å². The second-order valence-electron chi connectivity index (χ2n) is 7.39. The number of sulfone groups is 1. The number of hydrogen-bond donors (Lipinski definition) is 0. The summed E-state index contributed by atoms with van der Waals surface area (Å²) in [6, 6.07) is 15.5. The summed E-state index contributed by atoms with van der Waals surface area (Å²) in [5, 5.41) is 4.46. The number of nitrogens with zero attached hydrogens (tertiary/aromatic N) is 2. The summed E-state index contributed by atoms with van der Waals surface area (Å²) in [5.41, 5.74) is 1.59. The van der Waals surface area contributed by atoms with E-state index in [9.17, 15) is 13.2 Å². The first kappa shape index (κ1) is 21.4. The van der Waals surface area contributed by atoms with Gasteiger partial charge in [0.05, 0.1) is 18.6 Å². The van der Waals surface area contributed by atoms with Crippen LogP contribution in [-0.4, -0.2) is 49.0 Å². The Labute approximate surface area is 185 Å². The van der Waals surface area contributed by atoms with Crippen molar-refractivity contribution < 1.29 is 22.5 Å². The van der Waals surface area contributed by atoms with Gasteiger partial charge in [-0.05, 0) is 42.3 Å². The van der Waals surface area contributed by atoms with E-state index in [-0.39, 0.29) is 23.7 Å². The predicted molar refractivity (Wildman–Crippen MR) is 117 cm³/mol. The average Bonchev–Trinajstić information content (AvgIpc) is 3.39. The predicted octanol–water partition coefficient (Wildman–Crippen LogP) is 3.83. The fourth-order valence-electron chi connectivity index (χ4n) is 3.61. The molecule has 1 aromatic heterocycles. The largest absolute Gasteiger partial charge is 0.497 e. The van der Waals surface area contributed by atoms with Crippen molar-refractivity contribution in [3.63, 3.8) is 0 Å². The molecule has 2 aromatic carbocycles. The number of ether oxygens (including phenoxy) is 1. The number of hydrogen-bond acceptors (Lipinski definition) is 6. The first-order valence-electron chi connectivity index (χ1n) is 9.72. The zero-order valence-corrected chi connectivity index (χ0v) is 18.4. The summed E-state index contributed by atoms with van der Waals surface area (Å²) >= 11 is 6.29. The van der Waals surface area contributed by atoms with Gasteiger partial charge in [-0.2, -0.15) is 0 Å². The summed E-state index contributed by atoms with van der Waals surface area (Å²) in [4.78, 5) is 14.9. The van der Waals surface area contributed by atoms with E-state index >= 15 is 0 Å². The number of halogens is 1. The fraction of sp³-hybridized carbons (Fsp3) is 0.273. The molecule has 0 radical (unpaired) electrons. The van der Waals surface area contributed by atoms with Crippen molar-refractivity contribution >= 4 is 27.3 Å². The molecule has 0 N–H and O–H groups in total. The van der Waals surface area contributed by atoms with Crippen molar-refractivity contribution in [2.75, 3.05) is 18.6 Å². The van der Waals surface area contributed by atoms with E-state index in [1.165, 1.54) is 4.90 Å². The fourth-order valence-corrected chi connectivity index (χ4v) is 5.54. The smallest absolute Gasteiger partial charge is 0.276 e. The average molecular weight is 461 g/mol. The zero-order chi connectivity index (χ0) is 22.0. The van der Waals surface area contributed by atoms with E-state index in [1.54, 1.807) is 49.6 Å². The Balaban J connectivity index is 1.62. The first-order valence-corrected chi connectivity index (χ1v) is 11.9. The van der Waals surface area contributed by atoms with Crippen molar-refractivity contribution in [3.8, 4) is 17.1 Å². The van der Waals surface area contributed by atoms with Crippen LogP contribution in [0.3, 0.4) is 0 Å². The van der Waals surface area contributed by atoms with Gasteiger partial charge < -0.3 is 14.2 Å². The highest BCUT2D eigenvalue weighted by Gasteiger charge is 2.36. The number of carbonyl (C=O) groups is 1. The monoisotopic (exact) mass is 460 g/mol. The van der Waals surface area contributed by atoms with Crippen molar-refractivity contribution in [2.45, 2.75) is 19.0 Å². The lowest BCUT2D eigenvalue weighted by Crippen LogP contribution is -2.40. The first-order chi connectivity index (χ1) is 14.9. The third kappa shape index (κ3) is 4.75. The lowest BCUT2D eigenvalue weighted by atomic mass is 10.1. The van der Waals surface area contributed by atoms with Crippen LogP contribution >= 0.6 is 11.6 Å². The molecular formula is C22H21ClN2O5S. The van der Waals surface area contributed by atoms with Crippen LogP contribution in [0.4, 0.5) is 0 Å². The van der Waals surface area contributed by atoms with Crippen LogP contribution in [0.25, 0.3) is 11.3 Å². The Morgan fingerprint density at radius 1 is 1.23 bits per heavy atom. The number of carbonyl (C=O) groups excluding carboxylic acids is 1. The van der Waals surface area contributed by atoms with E-state index in [1.807, 2.05) is 12.1 Å². The van der Waals surface area contributed by atoms with Crippen LogP contribution in [0.15, 0.2) is 59.1 Å². The number of methoxy groups -OCH3 is 1. The molecular weight excluding hydrogens is 440 g/mol. The summed E-state index contributed by atoms with van der Waals surface area (Å²) in [7, 11) is -1.61. The molecule has 0 saturated carbocycles. The third-order valence-electron chi connectivity index (χ3n) is 5.31. The molecule has 7 nitrogen and oxygen atoms in total. The molecule has 0 bridgehead atoms. The van der Waals surface area contributed by atoms with Gasteiger partial charge >= 0.3 is 0 Å². The highest BCUT2D eigenvalue weighted by molar-refractivity contribution is 7.91. The molecule has 162 valence electrons. The number of amides is 1. The molecule has 1 aliphatic heterocycles. The highest BCUT2D eigenvalue weighted by atomic mass is 35.5. The molecule has 31 heavy (non-hydrogen) atoms. The Morgan fingerprint density at radius 2 is 1.97 bits per heavy atom. The molecule has 1 saturated heterocycles. The quantitative estimate of drug-likeness (QED) is 0.555. The maximum absolute atomic E-state index is 13.3. The minimum Gasteiger partial charge on any atom is -0.497 e. The lowest BCUT2D eigenvalue weighted by molar-refractivity contribution is 0.0670. The summed E-state index contributed by atoms with van der Waals surface area (Å²) in [6.07, 6.45) is 0.377. The lowest BCUT2D eigenvalue weighted by Gasteiger charge is -2.28. The molecule has 0 aliphatic carbocycles. The second kappa shape index (κ2) is 8.72. The van der Waals surface area contributed by atoms with Gasteiger partial charge in [0.15, 0.2) is 21.3 Å². The molecule has 9 heteroatoms. The standard InChI is InChI=1S/C22H21ClN2O5S/c1-29-18-8-6-15(7-9-18)21-12-20(24-30-21)22(26)25(17-10-11-31(27,28)14-17)13-16-4-2-3-5-19(16)23/h2-9,12,17H,10-11,13-14H2,1H3/t17-/m1/s1. The Bertz CT molecular complexity index is 1190. The van der Waals surface area contributed by atoms with E-state index in [4.69, 9.17) is 20.9 Å². The molecule has 1 aliphatic rings. The molecule has 3 aromatic rings. The number of benzene rings is 2. The summed E-state index contributed by atoms with van der Waals surface area (Å²) in [6.45, 7) is 0.184. The van der Waals surface area contributed by atoms with Gasteiger partial charge in [0, 0.05) is 29.2 Å². The van der Waals surface area contributed by atoms with E-state index < -0.39 is 21.8 Å². The van der Waals surface area contributed by atoms with Gasteiger partial charge in [-0.3, -0.25) is 4.79 Å². The van der Waals surface area contributed by atoms with E-state index in [0.717, 1.165) is 11.1 Å². The minimum absolute atomic E-state index is 0.0554. The van der Waals surface area contributed by atoms with Crippen molar-refractivity contribution in [2.24, 2.45) is 0 Å². The molecule has 2 heterocycles. The minimum atomic E-state index is -3.19. The molecule has 4 rings (SSSR count). The maximum atomic E-state index is 13.3. The molecule has 1 amide bonds. The maximum Gasteiger partial charge on any atom is 0.276 e. The van der Waals surface area contributed by atoms with Gasteiger partial charge in [-0.15, -0.1) is 0 Å². The zero-order valence-electron chi connectivity index (χ0n) is 16.8. The van der Waals surface area contributed by atoms with Gasteiger partial charge in [0.2, 0.25) is 0 Å². The van der Waals surface area contributed by atoms with Gasteiger partial charge in [-0.25, -0.2) is 8.42 Å². The van der Waals surface area contributed by atoms with Crippen LogP contribution in [0.5, 0.6) is 5.75 Å². The van der Waals surface area contributed by atoms with Gasteiger partial charge in [0.1, 0.15) is 5.75 Å². The topological polar surface area (TPSA) is 89.7 Å². The van der Waals surface area contributed by atoms with Crippen LogP contribution in [-0.2, 0) is 16.4 Å². The van der Waals surface area contributed by atoms with Crippen molar-refractivity contribution in [3.05, 3.63) is 70.9 Å². The highest BCUT2D eigenvalue weighted by Crippen LogP contribution is 2.27. The van der Waals surface area contributed by atoms with Crippen LogP contribution < -0.4 is 4.74 Å². The summed E-state index contributed by atoms with van der Waals surface area (Å²) in [5.74, 6) is 0.716. The van der Waals surface area contributed by atoms with Crippen LogP contribution in [0, 0.1) is 0 Å². The molecule has 1 fully saturated rings. The Hall–Kier alpha value is -2.84. The molecule has 0 spiro atoms. The van der Waals surface area contributed by atoms with Gasteiger partial charge in [-0.1, -0.05) is 35.0 Å². The molecule has 0 unspecified atom stereocenters. The SMILES string of the molecule is COc1ccc(-c2cc(C(=O)N(Cc3ccccc3Cl)[C@@H]3CCS(=O)(=O)C3)no2)cc1. The Kier molecular flexibility index (Phi) is 6.02. The van der Waals surface area contributed by atoms with Crippen molar-refractivity contribution in [1.82, 2.24) is 10.1 Å².